The number of nitrogens with two attached hydrogens (primary N) is 1. The van der Waals surface area contributed by atoms with Crippen molar-refractivity contribution < 1.29 is 8.42 Å². The van der Waals surface area contributed by atoms with Crippen LogP contribution in [-0.2, 0) is 9.84 Å². The standard InChI is InChI=1S/C10H21NO2S3/c1-3-9-10(15-6-5-14-9)8(11)4-7-16(2,12)13/h8-10H,3-7,11H2,1-2H3. The zero-order valence-corrected chi connectivity index (χ0v) is 12.3. The van der Waals surface area contributed by atoms with Crippen molar-refractivity contribution >= 4 is 33.4 Å². The highest BCUT2D eigenvalue weighted by atomic mass is 32.2. The van der Waals surface area contributed by atoms with Gasteiger partial charge in [0.25, 0.3) is 0 Å². The van der Waals surface area contributed by atoms with E-state index in [0.29, 0.717) is 16.9 Å². The first-order chi connectivity index (χ1) is 7.44. The molecule has 16 heavy (non-hydrogen) atoms. The van der Waals surface area contributed by atoms with E-state index in [9.17, 15) is 8.42 Å². The molecule has 0 saturated carbocycles. The van der Waals surface area contributed by atoms with Crippen LogP contribution in [0.1, 0.15) is 19.8 Å². The van der Waals surface area contributed by atoms with Gasteiger partial charge in [0.2, 0.25) is 0 Å². The predicted octanol–water partition coefficient (Wildman–Crippen LogP) is 1.38. The Balaban J connectivity index is 2.47. The summed E-state index contributed by atoms with van der Waals surface area (Å²) < 4.78 is 22.2. The summed E-state index contributed by atoms with van der Waals surface area (Å²) >= 11 is 3.90. The largest absolute Gasteiger partial charge is 0.327 e. The van der Waals surface area contributed by atoms with Crippen molar-refractivity contribution in [3.63, 3.8) is 0 Å². The lowest BCUT2D eigenvalue weighted by Gasteiger charge is -2.34. The van der Waals surface area contributed by atoms with Crippen molar-refractivity contribution in [2.75, 3.05) is 23.5 Å². The van der Waals surface area contributed by atoms with E-state index >= 15 is 0 Å². The number of rotatable bonds is 5. The molecular formula is C10H21NO2S3. The molecule has 1 fully saturated rings. The van der Waals surface area contributed by atoms with Crippen molar-refractivity contribution in [3.05, 3.63) is 0 Å². The maximum atomic E-state index is 11.1. The van der Waals surface area contributed by atoms with Crippen molar-refractivity contribution in [1.82, 2.24) is 0 Å². The van der Waals surface area contributed by atoms with E-state index in [-0.39, 0.29) is 11.8 Å². The molecule has 1 heterocycles. The quantitative estimate of drug-likeness (QED) is 0.826. The first-order valence-corrected chi connectivity index (χ1v) is 9.76. The minimum absolute atomic E-state index is 0.0116. The molecule has 6 heteroatoms. The van der Waals surface area contributed by atoms with Crippen LogP contribution in [0.4, 0.5) is 0 Å². The highest BCUT2D eigenvalue weighted by Crippen LogP contribution is 2.35. The number of thioether (sulfide) groups is 2. The fraction of sp³-hybridized carbons (Fsp3) is 1.00. The molecular weight excluding hydrogens is 262 g/mol. The zero-order chi connectivity index (χ0) is 12.2. The third-order valence-electron chi connectivity index (χ3n) is 2.74. The normalized spacial score (nSPS) is 28.9. The van der Waals surface area contributed by atoms with Crippen LogP contribution in [0.2, 0.25) is 0 Å². The SMILES string of the molecule is CCC1SCCSC1C(N)CCS(C)(=O)=O. The summed E-state index contributed by atoms with van der Waals surface area (Å²) in [6, 6.07) is 0.0116. The van der Waals surface area contributed by atoms with E-state index in [1.165, 1.54) is 12.0 Å². The molecule has 1 aliphatic heterocycles. The third-order valence-corrected chi connectivity index (χ3v) is 7.14. The first kappa shape index (κ1) is 14.7. The lowest BCUT2D eigenvalue weighted by molar-refractivity contribution is 0.566. The van der Waals surface area contributed by atoms with Gasteiger partial charge in [-0.05, 0) is 12.8 Å². The van der Waals surface area contributed by atoms with E-state index in [1.807, 2.05) is 23.5 Å². The average Bonchev–Trinajstić information content (AvgIpc) is 2.25. The molecule has 1 rings (SSSR count). The molecule has 2 N–H and O–H groups in total. The molecule has 1 saturated heterocycles. The van der Waals surface area contributed by atoms with Crippen molar-refractivity contribution in [3.8, 4) is 0 Å². The predicted molar refractivity (Wildman–Crippen MR) is 75.1 cm³/mol. The average molecular weight is 283 g/mol. The minimum atomic E-state index is -2.88. The Labute approximate surface area is 107 Å². The molecule has 96 valence electrons. The van der Waals surface area contributed by atoms with Crippen LogP contribution in [0.15, 0.2) is 0 Å². The van der Waals surface area contributed by atoms with Crippen molar-refractivity contribution in [2.24, 2.45) is 5.73 Å². The number of hydrogen-bond donors (Lipinski definition) is 1. The van der Waals surface area contributed by atoms with Crippen molar-refractivity contribution in [2.45, 2.75) is 36.3 Å². The Morgan fingerprint density at radius 2 is 2.00 bits per heavy atom. The summed E-state index contributed by atoms with van der Waals surface area (Å²) in [7, 11) is -2.88. The van der Waals surface area contributed by atoms with Crippen molar-refractivity contribution in [1.29, 1.82) is 0 Å². The highest BCUT2D eigenvalue weighted by molar-refractivity contribution is 8.07. The summed E-state index contributed by atoms with van der Waals surface area (Å²) in [5, 5.41) is 1.01. The summed E-state index contributed by atoms with van der Waals surface area (Å²) in [6.45, 7) is 2.18. The zero-order valence-electron chi connectivity index (χ0n) is 9.89. The topological polar surface area (TPSA) is 60.2 Å². The van der Waals surface area contributed by atoms with Gasteiger partial charge in [-0.1, -0.05) is 6.92 Å². The highest BCUT2D eigenvalue weighted by Gasteiger charge is 2.30. The van der Waals surface area contributed by atoms with E-state index in [4.69, 9.17) is 5.73 Å². The van der Waals surface area contributed by atoms with E-state index in [1.54, 1.807) is 0 Å². The van der Waals surface area contributed by atoms with Gasteiger partial charge in [0, 0.05) is 34.3 Å². The van der Waals surface area contributed by atoms with E-state index in [0.717, 1.165) is 12.2 Å². The smallest absolute Gasteiger partial charge is 0.147 e. The molecule has 3 unspecified atom stereocenters. The molecule has 0 bridgehead atoms. The molecule has 1 aliphatic rings. The molecule has 0 radical (unpaired) electrons. The number of hydrogen-bond acceptors (Lipinski definition) is 5. The molecule has 0 aromatic carbocycles. The second kappa shape index (κ2) is 6.52. The lowest BCUT2D eigenvalue weighted by atomic mass is 10.1. The van der Waals surface area contributed by atoms with Crippen LogP contribution in [0.25, 0.3) is 0 Å². The van der Waals surface area contributed by atoms with Crippen LogP contribution in [0.5, 0.6) is 0 Å². The fourth-order valence-electron chi connectivity index (χ4n) is 1.85. The second-order valence-electron chi connectivity index (χ2n) is 4.24. The van der Waals surface area contributed by atoms with E-state index in [2.05, 4.69) is 6.92 Å². The lowest BCUT2D eigenvalue weighted by Crippen LogP contribution is -2.42. The number of sulfone groups is 1. The van der Waals surface area contributed by atoms with Gasteiger partial charge in [-0.25, -0.2) is 8.42 Å². The first-order valence-electron chi connectivity index (χ1n) is 5.60. The summed E-state index contributed by atoms with van der Waals surface area (Å²) in [6.07, 6.45) is 2.99. The van der Waals surface area contributed by atoms with Gasteiger partial charge >= 0.3 is 0 Å². The molecule has 0 spiro atoms. The van der Waals surface area contributed by atoms with Gasteiger partial charge in [-0.3, -0.25) is 0 Å². The Kier molecular flexibility index (Phi) is 5.98. The maximum absolute atomic E-state index is 11.1. The molecule has 0 aliphatic carbocycles. The minimum Gasteiger partial charge on any atom is -0.327 e. The molecule has 0 amide bonds. The van der Waals surface area contributed by atoms with Crippen LogP contribution < -0.4 is 5.73 Å². The summed E-state index contributed by atoms with van der Waals surface area (Å²) in [5.41, 5.74) is 6.12. The Bertz CT molecular complexity index is 305. The Morgan fingerprint density at radius 3 is 2.56 bits per heavy atom. The molecule has 3 atom stereocenters. The maximum Gasteiger partial charge on any atom is 0.147 e. The molecule has 3 nitrogen and oxygen atoms in total. The van der Waals surface area contributed by atoms with Gasteiger partial charge < -0.3 is 5.73 Å². The van der Waals surface area contributed by atoms with Gasteiger partial charge in [0.1, 0.15) is 9.84 Å². The van der Waals surface area contributed by atoms with Gasteiger partial charge in [-0.2, -0.15) is 23.5 Å². The summed E-state index contributed by atoms with van der Waals surface area (Å²) in [4.78, 5) is 0. The second-order valence-corrected chi connectivity index (χ2v) is 9.13. The van der Waals surface area contributed by atoms with Crippen LogP contribution in [-0.4, -0.2) is 48.5 Å². The van der Waals surface area contributed by atoms with E-state index < -0.39 is 9.84 Å². The van der Waals surface area contributed by atoms with Gasteiger partial charge in [0.05, 0.1) is 5.75 Å². The third kappa shape index (κ3) is 4.85. The van der Waals surface area contributed by atoms with Gasteiger partial charge in [-0.15, -0.1) is 0 Å². The van der Waals surface area contributed by atoms with Crippen LogP contribution >= 0.6 is 23.5 Å². The van der Waals surface area contributed by atoms with Crippen LogP contribution in [0.3, 0.4) is 0 Å². The fourth-order valence-corrected chi connectivity index (χ4v) is 5.78. The monoisotopic (exact) mass is 283 g/mol. The Morgan fingerprint density at radius 1 is 1.38 bits per heavy atom. The van der Waals surface area contributed by atoms with Crippen LogP contribution in [0, 0.1) is 0 Å². The molecule has 0 aromatic heterocycles. The Hall–Kier alpha value is 0.610. The van der Waals surface area contributed by atoms with Gasteiger partial charge in [0.15, 0.2) is 0 Å². The summed E-state index contributed by atoms with van der Waals surface area (Å²) in [5.74, 6) is 2.54. The molecule has 0 aromatic rings.